The average molecular weight is 296 g/mol. The molecule has 1 saturated carbocycles. The number of aliphatic hydroxyl groups excluding tert-OH is 1. The highest BCUT2D eigenvalue weighted by molar-refractivity contribution is 5.81. The molecule has 0 aromatic rings. The van der Waals surface area contributed by atoms with Crippen molar-refractivity contribution in [2.75, 3.05) is 19.6 Å². The number of rotatable bonds is 5. The van der Waals surface area contributed by atoms with Crippen molar-refractivity contribution in [3.05, 3.63) is 0 Å². The van der Waals surface area contributed by atoms with Crippen molar-refractivity contribution >= 4 is 5.91 Å². The van der Waals surface area contributed by atoms with Crippen molar-refractivity contribution in [1.29, 1.82) is 0 Å². The van der Waals surface area contributed by atoms with E-state index in [1.54, 1.807) is 0 Å². The maximum atomic E-state index is 12.9. The molecule has 122 valence electrons. The van der Waals surface area contributed by atoms with Gasteiger partial charge in [0.25, 0.3) is 0 Å². The molecule has 21 heavy (non-hydrogen) atoms. The monoisotopic (exact) mass is 296 g/mol. The summed E-state index contributed by atoms with van der Waals surface area (Å²) >= 11 is 0. The van der Waals surface area contributed by atoms with E-state index in [1.165, 1.54) is 32.1 Å². The zero-order valence-corrected chi connectivity index (χ0v) is 13.9. The third-order valence-corrected chi connectivity index (χ3v) is 5.48. The minimum Gasteiger partial charge on any atom is -0.393 e. The van der Waals surface area contributed by atoms with Crippen molar-refractivity contribution in [2.45, 2.75) is 77.5 Å². The first-order chi connectivity index (χ1) is 10.0. The molecule has 4 nitrogen and oxygen atoms in total. The van der Waals surface area contributed by atoms with E-state index < -0.39 is 0 Å². The molecule has 2 aliphatic rings. The van der Waals surface area contributed by atoms with Crippen molar-refractivity contribution < 1.29 is 9.90 Å². The number of likely N-dealkylation sites (tertiary alicyclic amines) is 1. The molecule has 2 rings (SSSR count). The summed E-state index contributed by atoms with van der Waals surface area (Å²) in [5.74, 6) is 0.612. The molecule has 0 bridgehead atoms. The standard InChI is InChI=1S/C17H32N2O2/c1-4-19(16-8-6-5-7-9-16)17(21)13(2)18-11-10-15(12-18)14(3)20/h13-16,20H,4-12H2,1-3H3. The number of likely N-dealkylation sites (N-methyl/N-ethyl adjacent to an activating group) is 1. The van der Waals surface area contributed by atoms with E-state index in [0.717, 1.165) is 26.1 Å². The summed E-state index contributed by atoms with van der Waals surface area (Å²) in [7, 11) is 0. The maximum Gasteiger partial charge on any atom is 0.239 e. The Kier molecular flexibility index (Phi) is 6.06. The number of carbonyl (C=O) groups excluding carboxylic acids is 1. The lowest BCUT2D eigenvalue weighted by Crippen LogP contribution is -2.50. The van der Waals surface area contributed by atoms with E-state index in [1.807, 2.05) is 13.8 Å². The summed E-state index contributed by atoms with van der Waals surface area (Å²) in [4.78, 5) is 17.2. The van der Waals surface area contributed by atoms with E-state index >= 15 is 0 Å². The van der Waals surface area contributed by atoms with Gasteiger partial charge in [0.1, 0.15) is 0 Å². The van der Waals surface area contributed by atoms with E-state index in [9.17, 15) is 9.90 Å². The zero-order chi connectivity index (χ0) is 15.4. The fraction of sp³-hybridized carbons (Fsp3) is 0.941. The smallest absolute Gasteiger partial charge is 0.239 e. The Bertz CT molecular complexity index is 340. The van der Waals surface area contributed by atoms with Gasteiger partial charge >= 0.3 is 0 Å². The zero-order valence-electron chi connectivity index (χ0n) is 13.9. The van der Waals surface area contributed by atoms with Crippen LogP contribution in [0.15, 0.2) is 0 Å². The van der Waals surface area contributed by atoms with Gasteiger partial charge in [-0.25, -0.2) is 0 Å². The molecule has 4 heteroatoms. The molecule has 0 aromatic carbocycles. The van der Waals surface area contributed by atoms with E-state index in [0.29, 0.717) is 12.0 Å². The predicted molar refractivity (Wildman–Crippen MR) is 85.1 cm³/mol. The van der Waals surface area contributed by atoms with Gasteiger partial charge in [-0.3, -0.25) is 9.69 Å². The number of hydrogen-bond acceptors (Lipinski definition) is 3. The molecule has 0 spiro atoms. The normalized spacial score (nSPS) is 27.5. The maximum absolute atomic E-state index is 12.9. The molecule has 1 heterocycles. The van der Waals surface area contributed by atoms with Crippen LogP contribution in [0.1, 0.15) is 59.3 Å². The molecule has 3 unspecified atom stereocenters. The Labute approximate surface area is 129 Å². The molecular formula is C17H32N2O2. The second-order valence-electron chi connectivity index (χ2n) is 6.88. The minimum atomic E-state index is -0.266. The van der Waals surface area contributed by atoms with Crippen molar-refractivity contribution in [3.8, 4) is 0 Å². The summed E-state index contributed by atoms with van der Waals surface area (Å²) in [6.45, 7) is 8.61. The first kappa shape index (κ1) is 16.8. The predicted octanol–water partition coefficient (Wildman–Crippen LogP) is 2.26. The lowest BCUT2D eigenvalue weighted by atomic mass is 9.93. The van der Waals surface area contributed by atoms with Gasteiger partial charge < -0.3 is 10.0 Å². The largest absolute Gasteiger partial charge is 0.393 e. The number of aliphatic hydroxyl groups is 1. The van der Waals surface area contributed by atoms with Crippen LogP contribution in [-0.4, -0.2) is 58.6 Å². The van der Waals surface area contributed by atoms with E-state index in [-0.39, 0.29) is 18.1 Å². The van der Waals surface area contributed by atoms with Crippen LogP contribution >= 0.6 is 0 Å². The van der Waals surface area contributed by atoms with Crippen LogP contribution < -0.4 is 0 Å². The summed E-state index contributed by atoms with van der Waals surface area (Å²) in [5.41, 5.74) is 0. The van der Waals surface area contributed by atoms with Gasteiger partial charge in [0.2, 0.25) is 5.91 Å². The van der Waals surface area contributed by atoms with Crippen LogP contribution in [0.5, 0.6) is 0 Å². The van der Waals surface area contributed by atoms with Crippen molar-refractivity contribution in [2.24, 2.45) is 5.92 Å². The van der Waals surface area contributed by atoms with Crippen LogP contribution in [0.3, 0.4) is 0 Å². The Morgan fingerprint density at radius 2 is 1.90 bits per heavy atom. The third-order valence-electron chi connectivity index (χ3n) is 5.48. The SMILES string of the molecule is CCN(C(=O)C(C)N1CCC(C(C)O)C1)C1CCCCC1. The van der Waals surface area contributed by atoms with Gasteiger partial charge in [0, 0.05) is 19.1 Å². The summed E-state index contributed by atoms with van der Waals surface area (Å²) in [6.07, 6.45) is 6.92. The van der Waals surface area contributed by atoms with Gasteiger partial charge in [-0.1, -0.05) is 19.3 Å². The van der Waals surface area contributed by atoms with Gasteiger partial charge in [0.05, 0.1) is 12.1 Å². The molecule has 2 fully saturated rings. The van der Waals surface area contributed by atoms with Crippen LogP contribution in [0.4, 0.5) is 0 Å². The molecule has 1 aliphatic heterocycles. The summed E-state index contributed by atoms with van der Waals surface area (Å²) in [5, 5.41) is 9.73. The van der Waals surface area contributed by atoms with Gasteiger partial charge in [-0.05, 0) is 52.5 Å². The fourth-order valence-corrected chi connectivity index (χ4v) is 3.94. The first-order valence-electron chi connectivity index (χ1n) is 8.77. The Morgan fingerprint density at radius 3 is 2.43 bits per heavy atom. The van der Waals surface area contributed by atoms with Crippen LogP contribution in [0.25, 0.3) is 0 Å². The van der Waals surface area contributed by atoms with Crippen LogP contribution in [0.2, 0.25) is 0 Å². The highest BCUT2D eigenvalue weighted by Crippen LogP contribution is 2.26. The lowest BCUT2D eigenvalue weighted by molar-refractivity contribution is -0.139. The molecule has 0 radical (unpaired) electrons. The molecule has 0 aromatic heterocycles. The van der Waals surface area contributed by atoms with Crippen molar-refractivity contribution in [3.63, 3.8) is 0 Å². The quantitative estimate of drug-likeness (QED) is 0.846. The summed E-state index contributed by atoms with van der Waals surface area (Å²) < 4.78 is 0. The van der Waals surface area contributed by atoms with Gasteiger partial charge in [-0.2, -0.15) is 0 Å². The molecule has 1 saturated heterocycles. The van der Waals surface area contributed by atoms with E-state index in [4.69, 9.17) is 0 Å². The fourth-order valence-electron chi connectivity index (χ4n) is 3.94. The number of carbonyl (C=O) groups is 1. The van der Waals surface area contributed by atoms with E-state index in [2.05, 4.69) is 16.7 Å². The molecule has 1 N–H and O–H groups in total. The second kappa shape index (κ2) is 7.59. The molecule has 1 aliphatic carbocycles. The Balaban J connectivity index is 1.94. The second-order valence-corrected chi connectivity index (χ2v) is 6.88. The number of nitrogens with zero attached hydrogens (tertiary/aromatic N) is 2. The van der Waals surface area contributed by atoms with Crippen LogP contribution in [-0.2, 0) is 4.79 Å². The topological polar surface area (TPSA) is 43.8 Å². The molecular weight excluding hydrogens is 264 g/mol. The lowest BCUT2D eigenvalue weighted by Gasteiger charge is -2.37. The average Bonchev–Trinajstić information content (AvgIpc) is 2.98. The summed E-state index contributed by atoms with van der Waals surface area (Å²) in [6, 6.07) is 0.407. The van der Waals surface area contributed by atoms with Gasteiger partial charge in [0.15, 0.2) is 0 Å². The van der Waals surface area contributed by atoms with Crippen LogP contribution in [0, 0.1) is 5.92 Å². The van der Waals surface area contributed by atoms with Gasteiger partial charge in [-0.15, -0.1) is 0 Å². The Morgan fingerprint density at radius 1 is 1.24 bits per heavy atom. The molecule has 1 amide bonds. The van der Waals surface area contributed by atoms with Crippen molar-refractivity contribution in [1.82, 2.24) is 9.80 Å². The first-order valence-corrected chi connectivity index (χ1v) is 8.77. The molecule has 3 atom stereocenters. The minimum absolute atomic E-state index is 0.0457. The third kappa shape index (κ3) is 3.98. The highest BCUT2D eigenvalue weighted by atomic mass is 16.3. The number of hydrogen-bond donors (Lipinski definition) is 1. The highest BCUT2D eigenvalue weighted by Gasteiger charge is 2.35. The number of amides is 1. The Hall–Kier alpha value is -0.610.